The van der Waals surface area contributed by atoms with E-state index in [9.17, 15) is 19.2 Å². The van der Waals surface area contributed by atoms with Crippen molar-refractivity contribution in [2.75, 3.05) is 26.1 Å². The molecule has 1 N–H and O–H groups in total. The van der Waals surface area contributed by atoms with Crippen LogP contribution in [0.2, 0.25) is 0 Å². The summed E-state index contributed by atoms with van der Waals surface area (Å²) in [5, 5.41) is 2.52. The molecule has 138 valence electrons. The normalized spacial score (nSPS) is 10.1. The molecular formula is C16H15NO8S. The summed E-state index contributed by atoms with van der Waals surface area (Å²) in [5.74, 6) is -2.93. The van der Waals surface area contributed by atoms with Gasteiger partial charge < -0.3 is 23.9 Å². The maximum absolute atomic E-state index is 12.0. The monoisotopic (exact) mass is 381 g/mol. The number of rotatable bonds is 6. The van der Waals surface area contributed by atoms with Gasteiger partial charge in [-0.1, -0.05) is 0 Å². The highest BCUT2D eigenvalue weighted by atomic mass is 32.1. The molecule has 0 bridgehead atoms. The van der Waals surface area contributed by atoms with Crippen molar-refractivity contribution in [1.82, 2.24) is 0 Å². The number of esters is 3. The van der Waals surface area contributed by atoms with Crippen LogP contribution in [0.4, 0.5) is 5.00 Å². The fourth-order valence-corrected chi connectivity index (χ4v) is 3.13. The van der Waals surface area contributed by atoms with Crippen molar-refractivity contribution in [3.05, 3.63) is 40.2 Å². The van der Waals surface area contributed by atoms with E-state index in [0.29, 0.717) is 5.56 Å². The van der Waals surface area contributed by atoms with E-state index in [1.807, 2.05) is 0 Å². The second-order valence-corrected chi connectivity index (χ2v) is 5.87. The van der Waals surface area contributed by atoms with Gasteiger partial charge in [0.05, 0.1) is 26.0 Å². The van der Waals surface area contributed by atoms with Crippen LogP contribution in [-0.2, 0) is 19.0 Å². The highest BCUT2D eigenvalue weighted by Crippen LogP contribution is 2.34. The molecule has 0 radical (unpaired) electrons. The number of methoxy groups -OCH3 is 2. The highest BCUT2D eigenvalue weighted by Gasteiger charge is 2.27. The molecule has 0 saturated carbocycles. The number of hydrogen-bond donors (Lipinski definition) is 1. The van der Waals surface area contributed by atoms with Gasteiger partial charge in [-0.3, -0.25) is 4.79 Å². The number of thiophene rings is 1. The first kappa shape index (κ1) is 19.2. The van der Waals surface area contributed by atoms with Crippen LogP contribution in [0, 0.1) is 6.92 Å². The molecule has 26 heavy (non-hydrogen) atoms. The Morgan fingerprint density at radius 1 is 1.12 bits per heavy atom. The summed E-state index contributed by atoms with van der Waals surface area (Å²) >= 11 is 0.857. The second-order valence-electron chi connectivity index (χ2n) is 4.85. The summed E-state index contributed by atoms with van der Waals surface area (Å²) in [7, 11) is 2.37. The van der Waals surface area contributed by atoms with Gasteiger partial charge in [-0.2, -0.15) is 0 Å². The number of hydrogen-bond acceptors (Lipinski definition) is 9. The average molecular weight is 381 g/mol. The lowest BCUT2D eigenvalue weighted by Crippen LogP contribution is -2.21. The molecular weight excluding hydrogens is 366 g/mol. The van der Waals surface area contributed by atoms with E-state index in [-0.39, 0.29) is 21.2 Å². The molecule has 0 aromatic carbocycles. The summed E-state index contributed by atoms with van der Waals surface area (Å²) in [5.41, 5.74) is 0.347. The lowest BCUT2D eigenvalue weighted by atomic mass is 10.1. The van der Waals surface area contributed by atoms with Gasteiger partial charge in [0.2, 0.25) is 5.76 Å². The first-order valence-corrected chi connectivity index (χ1v) is 8.01. The predicted octanol–water partition coefficient (Wildman–Crippen LogP) is 2.02. The lowest BCUT2D eigenvalue weighted by Gasteiger charge is -2.06. The van der Waals surface area contributed by atoms with Gasteiger partial charge in [0.15, 0.2) is 6.61 Å². The molecule has 0 atom stereocenters. The smallest absolute Gasteiger partial charge is 0.374 e. The third-order valence-electron chi connectivity index (χ3n) is 3.22. The Bertz CT molecular complexity index is 837. The molecule has 0 saturated heterocycles. The number of anilines is 1. The maximum Gasteiger partial charge on any atom is 0.374 e. The van der Waals surface area contributed by atoms with Crippen molar-refractivity contribution in [3.63, 3.8) is 0 Å². The molecule has 2 rings (SSSR count). The largest absolute Gasteiger partial charge is 0.465 e. The Balaban J connectivity index is 2.14. The van der Waals surface area contributed by atoms with Gasteiger partial charge >= 0.3 is 17.9 Å². The molecule has 10 heteroatoms. The molecule has 2 aromatic heterocycles. The Kier molecular flexibility index (Phi) is 6.12. The number of carbonyl (C=O) groups is 4. The Morgan fingerprint density at radius 2 is 1.81 bits per heavy atom. The zero-order valence-electron chi connectivity index (χ0n) is 14.1. The zero-order valence-corrected chi connectivity index (χ0v) is 14.9. The first-order chi connectivity index (χ1) is 12.4. The van der Waals surface area contributed by atoms with Crippen LogP contribution in [0.5, 0.6) is 0 Å². The van der Waals surface area contributed by atoms with Crippen LogP contribution < -0.4 is 5.32 Å². The maximum atomic E-state index is 12.0. The van der Waals surface area contributed by atoms with Crippen LogP contribution >= 0.6 is 11.3 Å². The Morgan fingerprint density at radius 3 is 2.38 bits per heavy atom. The second kappa shape index (κ2) is 8.30. The van der Waals surface area contributed by atoms with Gasteiger partial charge in [0.1, 0.15) is 9.88 Å². The predicted molar refractivity (Wildman–Crippen MR) is 89.4 cm³/mol. The summed E-state index contributed by atoms with van der Waals surface area (Å²) in [6.07, 6.45) is 1.29. The number of ether oxygens (including phenoxy) is 3. The minimum Gasteiger partial charge on any atom is -0.465 e. The minimum absolute atomic E-state index is 0.0311. The van der Waals surface area contributed by atoms with E-state index in [4.69, 9.17) is 9.15 Å². The molecule has 9 nitrogen and oxygen atoms in total. The SMILES string of the molecule is COC(=O)c1sc(NC(=O)COC(=O)c2ccco2)c(C(=O)OC)c1C. The van der Waals surface area contributed by atoms with E-state index in [0.717, 1.165) is 11.3 Å². The quantitative estimate of drug-likeness (QED) is 0.596. The highest BCUT2D eigenvalue weighted by molar-refractivity contribution is 7.18. The molecule has 0 fully saturated rings. The third kappa shape index (κ3) is 4.09. The van der Waals surface area contributed by atoms with Crippen molar-refractivity contribution in [2.24, 2.45) is 0 Å². The van der Waals surface area contributed by atoms with E-state index in [2.05, 4.69) is 14.8 Å². The van der Waals surface area contributed by atoms with Gasteiger partial charge in [-0.15, -0.1) is 11.3 Å². The van der Waals surface area contributed by atoms with Gasteiger partial charge in [-0.05, 0) is 24.6 Å². The number of amides is 1. The molecule has 2 heterocycles. The summed E-state index contributed by atoms with van der Waals surface area (Å²) in [4.78, 5) is 47.6. The van der Waals surface area contributed by atoms with Crippen molar-refractivity contribution in [2.45, 2.75) is 6.92 Å². The molecule has 0 spiro atoms. The first-order valence-electron chi connectivity index (χ1n) is 7.19. The van der Waals surface area contributed by atoms with Crippen LogP contribution in [0.15, 0.2) is 22.8 Å². The van der Waals surface area contributed by atoms with Crippen molar-refractivity contribution < 1.29 is 37.8 Å². The van der Waals surface area contributed by atoms with Crippen LogP contribution in [0.1, 0.15) is 36.1 Å². The summed E-state index contributed by atoms with van der Waals surface area (Å²) < 4.78 is 19.0. The van der Waals surface area contributed by atoms with Gasteiger partial charge in [-0.25, -0.2) is 14.4 Å². The molecule has 2 aromatic rings. The van der Waals surface area contributed by atoms with E-state index < -0.39 is 30.4 Å². The molecule has 0 aliphatic heterocycles. The summed E-state index contributed by atoms with van der Waals surface area (Å²) in [6.45, 7) is 0.923. The number of furan rings is 1. The molecule has 1 amide bonds. The van der Waals surface area contributed by atoms with Crippen LogP contribution in [-0.4, -0.2) is 44.6 Å². The van der Waals surface area contributed by atoms with Crippen LogP contribution in [0.25, 0.3) is 0 Å². The standard InChI is InChI=1S/C16H15NO8S/c1-8-11(15(20)22-2)13(26-12(8)16(21)23-3)17-10(18)7-25-14(19)9-5-4-6-24-9/h4-6H,7H2,1-3H3,(H,17,18). The van der Waals surface area contributed by atoms with Crippen LogP contribution in [0.3, 0.4) is 0 Å². The van der Waals surface area contributed by atoms with E-state index in [1.54, 1.807) is 0 Å². The van der Waals surface area contributed by atoms with Crippen molar-refractivity contribution >= 4 is 40.2 Å². The topological polar surface area (TPSA) is 121 Å². The molecule has 0 aliphatic rings. The number of carbonyl (C=O) groups excluding carboxylic acids is 4. The van der Waals surface area contributed by atoms with E-state index >= 15 is 0 Å². The molecule has 0 aliphatic carbocycles. The number of nitrogens with one attached hydrogen (secondary N) is 1. The van der Waals surface area contributed by atoms with Gasteiger partial charge in [0, 0.05) is 0 Å². The zero-order chi connectivity index (χ0) is 19.3. The molecule has 0 unspecified atom stereocenters. The Hall–Kier alpha value is -3.14. The lowest BCUT2D eigenvalue weighted by molar-refractivity contribution is -0.119. The van der Waals surface area contributed by atoms with Crippen molar-refractivity contribution in [3.8, 4) is 0 Å². The minimum atomic E-state index is -0.809. The third-order valence-corrected chi connectivity index (χ3v) is 4.40. The average Bonchev–Trinajstić information content (AvgIpc) is 3.27. The van der Waals surface area contributed by atoms with E-state index in [1.165, 1.54) is 39.5 Å². The van der Waals surface area contributed by atoms with Gasteiger partial charge in [0.25, 0.3) is 5.91 Å². The fourth-order valence-electron chi connectivity index (χ4n) is 2.00. The summed E-state index contributed by atoms with van der Waals surface area (Å²) in [6, 6.07) is 2.89. The Labute approximate surface area is 151 Å². The van der Waals surface area contributed by atoms with Crippen molar-refractivity contribution in [1.29, 1.82) is 0 Å². The fraction of sp³-hybridized carbons (Fsp3) is 0.250.